The maximum atomic E-state index is 14.0. The van der Waals surface area contributed by atoms with Crippen LogP contribution in [-0.2, 0) is 17.3 Å². The van der Waals surface area contributed by atoms with Crippen LogP contribution in [0.5, 0.6) is 0 Å². The maximum absolute atomic E-state index is 14.0. The number of nitrogens with zero attached hydrogens (tertiary/aromatic N) is 4. The van der Waals surface area contributed by atoms with Gasteiger partial charge in [0.05, 0.1) is 15.5 Å². The van der Waals surface area contributed by atoms with Gasteiger partial charge in [-0.3, -0.25) is 9.59 Å². The highest BCUT2D eigenvalue weighted by Gasteiger charge is 2.53. The van der Waals surface area contributed by atoms with Crippen molar-refractivity contribution in [1.29, 1.82) is 21.0 Å². The van der Waals surface area contributed by atoms with E-state index in [2.05, 4.69) is 191 Å². The summed E-state index contributed by atoms with van der Waals surface area (Å²) in [4.78, 5) is 34.4. The van der Waals surface area contributed by atoms with Gasteiger partial charge in [0.1, 0.15) is 35.4 Å². The van der Waals surface area contributed by atoms with Crippen molar-refractivity contribution in [1.82, 2.24) is 0 Å². The van der Waals surface area contributed by atoms with Crippen molar-refractivity contribution in [2.24, 2.45) is 0 Å². The first kappa shape index (κ1) is 58.2. The van der Waals surface area contributed by atoms with Crippen molar-refractivity contribution >= 4 is 83.5 Å². The molecule has 8 aromatic carbocycles. The normalized spacial score (nSPS) is 15.1. The summed E-state index contributed by atoms with van der Waals surface area (Å²) in [6, 6.07) is 82.4. The molecule has 0 saturated heterocycles. The molecule has 0 unspecified atom stereocenters. The molecule has 0 radical (unpaired) electrons. The van der Waals surface area contributed by atoms with Crippen LogP contribution in [0.3, 0.4) is 0 Å². The van der Waals surface area contributed by atoms with Gasteiger partial charge < -0.3 is 0 Å². The Morgan fingerprint density at radius 3 is 1.48 bits per heavy atom. The van der Waals surface area contributed by atoms with Gasteiger partial charge in [0, 0.05) is 72.9 Å². The number of rotatable bonds is 10. The van der Waals surface area contributed by atoms with Crippen LogP contribution < -0.4 is 0 Å². The highest BCUT2D eigenvalue weighted by molar-refractivity contribution is 7.33. The first-order valence-corrected chi connectivity index (χ1v) is 34.3. The third-order valence-electron chi connectivity index (χ3n) is 19.3. The molecule has 94 heavy (non-hydrogen) atoms. The molecule has 0 atom stereocenters. The lowest BCUT2D eigenvalue weighted by molar-refractivity contribution is 0.103. The fourth-order valence-corrected chi connectivity index (χ4v) is 19.8. The largest absolute Gasteiger partial charge is 0.289 e. The summed E-state index contributed by atoms with van der Waals surface area (Å²) in [6.45, 7) is 8.61. The Hall–Kier alpha value is -10.9. The van der Waals surface area contributed by atoms with Crippen LogP contribution in [0.25, 0.3) is 68.4 Å². The summed E-state index contributed by atoms with van der Waals surface area (Å²) < 4.78 is 2.42. The molecule has 444 valence electrons. The second-order valence-electron chi connectivity index (χ2n) is 24.7. The predicted octanol–water partition coefficient (Wildman–Crippen LogP) is 21.0. The van der Waals surface area contributed by atoms with Crippen LogP contribution in [0.4, 0.5) is 0 Å². The lowest BCUT2D eigenvalue weighted by Crippen LogP contribution is -2.30. The van der Waals surface area contributed by atoms with E-state index >= 15 is 0 Å². The van der Waals surface area contributed by atoms with Crippen LogP contribution >= 0.6 is 45.3 Å². The van der Waals surface area contributed by atoms with Crippen LogP contribution in [0.1, 0.15) is 115 Å². The van der Waals surface area contributed by atoms with Gasteiger partial charge >= 0.3 is 0 Å². The van der Waals surface area contributed by atoms with Gasteiger partial charge in [-0.1, -0.05) is 186 Å². The summed E-state index contributed by atoms with van der Waals surface area (Å²) in [5.74, 6) is -0.355. The number of hydrogen-bond acceptors (Lipinski definition) is 10. The van der Waals surface area contributed by atoms with Gasteiger partial charge in [0.25, 0.3) is 0 Å². The molecule has 6 nitrogen and oxygen atoms in total. The lowest BCUT2D eigenvalue weighted by Gasteiger charge is -2.36. The Morgan fingerprint density at radius 1 is 0.426 bits per heavy atom. The standard InChI is InChI=1S/C84H52N4O2S4/c1-47-16-25-54(26-17-47)83(55-27-18-48(2)19-28-55)69-38-51(72-36-33-58(91-72)10-9-15-65-76(52(43-85)44-86)61-11-5-7-13-63(61)79(65)89)24-35-60(69)66-40-71-67(41-70(66)83)81-78(84(71,56-29-20-49(3)21-30-56)57-31-22-50(4)23-32-57)82-75(94-81)42-74(93-82)73-37-34-59(92-73)39-68-77(53(45-87)46-88)62-12-6-8-14-64(62)80(68)90/h5-8,11-42H,9-10H2,1-4H3/b65-15-,68-39-. The predicted molar refractivity (Wildman–Crippen MR) is 382 cm³/mol. The molecule has 16 rings (SSSR count). The monoisotopic (exact) mass is 1280 g/mol. The van der Waals surface area contributed by atoms with E-state index in [0.717, 1.165) is 29.9 Å². The Bertz CT molecular complexity index is 5490. The van der Waals surface area contributed by atoms with Crippen molar-refractivity contribution in [2.45, 2.75) is 51.4 Å². The molecule has 4 aromatic heterocycles. The zero-order chi connectivity index (χ0) is 64.3. The maximum Gasteiger partial charge on any atom is 0.194 e. The quantitative estimate of drug-likeness (QED) is 0.0990. The van der Waals surface area contributed by atoms with E-state index in [0.29, 0.717) is 57.4 Å². The van der Waals surface area contributed by atoms with Gasteiger partial charge in [-0.15, -0.1) is 45.3 Å². The highest BCUT2D eigenvalue weighted by atomic mass is 32.1. The van der Waals surface area contributed by atoms with Crippen LogP contribution in [0.2, 0.25) is 0 Å². The van der Waals surface area contributed by atoms with E-state index in [1.807, 2.05) is 89.4 Å². The number of nitriles is 4. The van der Waals surface area contributed by atoms with Crippen LogP contribution in [-0.4, -0.2) is 11.6 Å². The summed E-state index contributed by atoms with van der Waals surface area (Å²) in [5.41, 5.74) is 21.3. The topological polar surface area (TPSA) is 129 Å². The second-order valence-corrected chi connectivity index (χ2v) is 29.0. The van der Waals surface area contributed by atoms with Crippen molar-refractivity contribution < 1.29 is 9.59 Å². The van der Waals surface area contributed by atoms with Gasteiger partial charge in [0.2, 0.25) is 0 Å². The molecule has 12 aromatic rings. The molecule has 0 spiro atoms. The molecular formula is C84H52N4O2S4. The molecule has 4 aliphatic rings. The average molecular weight is 1280 g/mol. The Morgan fingerprint density at radius 2 is 0.915 bits per heavy atom. The van der Waals surface area contributed by atoms with E-state index in [1.165, 1.54) is 97.7 Å². The smallest absolute Gasteiger partial charge is 0.194 e. The molecule has 4 aliphatic carbocycles. The molecule has 10 heteroatoms. The zero-order valence-corrected chi connectivity index (χ0v) is 54.7. The number of benzene rings is 8. The van der Waals surface area contributed by atoms with E-state index in [4.69, 9.17) is 0 Å². The molecule has 0 bridgehead atoms. The van der Waals surface area contributed by atoms with Gasteiger partial charge in [-0.2, -0.15) is 21.0 Å². The molecule has 0 amide bonds. The Labute approximate surface area is 560 Å². The van der Waals surface area contributed by atoms with E-state index in [9.17, 15) is 30.6 Å². The summed E-state index contributed by atoms with van der Waals surface area (Å²) >= 11 is 7.03. The van der Waals surface area contributed by atoms with Crippen molar-refractivity contribution in [3.63, 3.8) is 0 Å². The molecular weight excluding hydrogens is 1230 g/mol. The first-order chi connectivity index (χ1) is 45.8. The van der Waals surface area contributed by atoms with Gasteiger partial charge in [-0.25, -0.2) is 0 Å². The van der Waals surface area contributed by atoms with E-state index < -0.39 is 10.8 Å². The Kier molecular flexibility index (Phi) is 13.9. The van der Waals surface area contributed by atoms with Crippen LogP contribution in [0, 0.1) is 73.0 Å². The minimum Gasteiger partial charge on any atom is -0.289 e. The highest BCUT2D eigenvalue weighted by Crippen LogP contribution is 2.67. The number of Topliss-reactive ketones (excluding diaryl/α,β-unsaturated/α-hetero) is 2. The average Bonchev–Trinajstić information content (AvgIpc) is 1.50. The fourth-order valence-electron chi connectivity index (χ4n) is 14.9. The van der Waals surface area contributed by atoms with E-state index in [1.54, 1.807) is 34.8 Å². The first-order valence-electron chi connectivity index (χ1n) is 31.0. The number of carbonyl (C=O) groups excluding carboxylic acids is 2. The number of carbonyl (C=O) groups is 2. The molecule has 0 fully saturated rings. The summed E-state index contributed by atoms with van der Waals surface area (Å²) in [5, 5.41) is 40.1. The SMILES string of the molecule is Cc1ccc(C2(c3ccc(C)cc3)c3cc(-c4ccc(CC/C=C5\C(=O)c6ccccc6C5=C(C#N)C#N)s4)ccc3-c3cc4c(cc32)-c2sc3cc(-c5ccc(/C=C6\C(=O)c7ccccc7C6=C(C#N)C#N)s5)sc3c2C4(c2ccc(C)cc2)c2ccc(C)cc2)cc1. The minimum atomic E-state index is -0.744. The van der Waals surface area contributed by atoms with Gasteiger partial charge in [0.15, 0.2) is 11.6 Å². The van der Waals surface area contributed by atoms with Crippen molar-refractivity contribution in [3.05, 3.63) is 333 Å². The molecule has 4 heterocycles. The summed E-state index contributed by atoms with van der Waals surface area (Å²) in [6.07, 6.45) is 4.98. The van der Waals surface area contributed by atoms with Gasteiger partial charge in [-0.05, 0) is 167 Å². The number of hydrogen-bond donors (Lipinski definition) is 0. The number of fused-ring (bicyclic) bond motifs is 10. The lowest BCUT2D eigenvalue weighted by atomic mass is 9.65. The molecule has 0 N–H and O–H groups in total. The zero-order valence-electron chi connectivity index (χ0n) is 51.4. The van der Waals surface area contributed by atoms with Crippen molar-refractivity contribution in [3.8, 4) is 66.0 Å². The number of allylic oxidation sites excluding steroid dienone is 7. The number of aryl methyl sites for hydroxylation is 5. The second kappa shape index (κ2) is 22.4. The summed E-state index contributed by atoms with van der Waals surface area (Å²) in [7, 11) is 0. The molecule has 0 saturated carbocycles. The number of ketones is 2. The fraction of sp³-hybridized carbons (Fsp3) is 0.0952. The van der Waals surface area contributed by atoms with Crippen LogP contribution in [0.15, 0.2) is 235 Å². The Balaban J connectivity index is 0.864. The van der Waals surface area contributed by atoms with E-state index in [-0.39, 0.29) is 22.7 Å². The third-order valence-corrected chi connectivity index (χ3v) is 24.2. The minimum absolute atomic E-state index is 0.0568. The molecule has 0 aliphatic heterocycles. The van der Waals surface area contributed by atoms with Crippen molar-refractivity contribution in [2.75, 3.05) is 0 Å². The number of thiophene rings is 4. The third kappa shape index (κ3) is 8.73.